The van der Waals surface area contributed by atoms with Crippen LogP contribution in [-0.2, 0) is 0 Å². The first-order chi connectivity index (χ1) is 3.36. The molecule has 0 aromatic rings. The molecular formula is C5H12Cl2N2. The lowest BCUT2D eigenvalue weighted by atomic mass is 10.4. The smallest absolute Gasteiger partial charge is 0.0160 e. The van der Waals surface area contributed by atoms with Crippen molar-refractivity contribution in [1.82, 2.24) is 5.01 Å². The zero-order valence-corrected chi connectivity index (χ0v) is 6.75. The molecule has 2 nitrogen and oxygen atoms in total. The maximum Gasteiger partial charge on any atom is 0.0160 e. The lowest BCUT2D eigenvalue weighted by Gasteiger charge is -2.06. The molecule has 1 saturated carbocycles. The quantitative estimate of drug-likeness (QED) is 0.542. The molecule has 56 valence electrons. The summed E-state index contributed by atoms with van der Waals surface area (Å²) in [6.07, 6.45) is 1.45. The summed E-state index contributed by atoms with van der Waals surface area (Å²) in [5.41, 5.74) is 0. The van der Waals surface area contributed by atoms with Crippen molar-refractivity contribution < 1.29 is 0 Å². The van der Waals surface area contributed by atoms with Crippen LogP contribution in [0.5, 0.6) is 0 Å². The van der Waals surface area contributed by atoms with E-state index in [0.29, 0.717) is 0 Å². The van der Waals surface area contributed by atoms with Crippen molar-refractivity contribution in [3.05, 3.63) is 0 Å². The Morgan fingerprint density at radius 1 is 1.11 bits per heavy atom. The molecule has 9 heavy (non-hydrogen) atoms. The number of piperidine rings is 1. The molecule has 4 heteroatoms. The van der Waals surface area contributed by atoms with Crippen molar-refractivity contribution in [2.75, 3.05) is 13.1 Å². The zero-order chi connectivity index (χ0) is 4.85. The Bertz CT molecular complexity index is 89.0. The molecule has 2 fully saturated rings. The molecule has 0 radical (unpaired) electrons. The second-order valence-corrected chi connectivity index (χ2v) is 2.71. The van der Waals surface area contributed by atoms with Gasteiger partial charge in [0.05, 0.1) is 0 Å². The topological polar surface area (TPSA) is 29.3 Å². The van der Waals surface area contributed by atoms with Gasteiger partial charge in [-0.15, -0.1) is 24.8 Å². The number of fused-ring (bicyclic) bond motifs is 1. The molecule has 2 unspecified atom stereocenters. The van der Waals surface area contributed by atoms with Crippen LogP contribution in [0.4, 0.5) is 0 Å². The molecule has 2 rings (SSSR count). The van der Waals surface area contributed by atoms with Crippen molar-refractivity contribution in [1.29, 1.82) is 0 Å². The molecule has 1 saturated heterocycles. The number of nitrogens with zero attached hydrogens (tertiary/aromatic N) is 1. The fourth-order valence-corrected chi connectivity index (χ4v) is 1.43. The predicted octanol–water partition coefficient (Wildman–Crippen LogP) is 0.655. The number of hydrogen-bond acceptors (Lipinski definition) is 2. The highest BCUT2D eigenvalue weighted by Gasteiger charge is 2.43. The van der Waals surface area contributed by atoms with Gasteiger partial charge < -0.3 is 0 Å². The van der Waals surface area contributed by atoms with Gasteiger partial charge in [-0.25, -0.2) is 5.01 Å². The molecule has 1 aliphatic heterocycles. The van der Waals surface area contributed by atoms with Crippen LogP contribution in [0.25, 0.3) is 0 Å². The van der Waals surface area contributed by atoms with E-state index in [9.17, 15) is 0 Å². The van der Waals surface area contributed by atoms with Crippen LogP contribution in [0.3, 0.4) is 0 Å². The Labute approximate surface area is 67.6 Å². The summed E-state index contributed by atoms with van der Waals surface area (Å²) in [4.78, 5) is 0. The average molecular weight is 171 g/mol. The Hall–Kier alpha value is 0.500. The van der Waals surface area contributed by atoms with Crippen LogP contribution in [0.15, 0.2) is 0 Å². The maximum absolute atomic E-state index is 5.49. The van der Waals surface area contributed by atoms with E-state index in [2.05, 4.69) is 0 Å². The molecule has 1 aliphatic carbocycles. The first-order valence-corrected chi connectivity index (χ1v) is 2.86. The Morgan fingerprint density at radius 3 is 1.78 bits per heavy atom. The van der Waals surface area contributed by atoms with Crippen LogP contribution in [-0.4, -0.2) is 18.1 Å². The van der Waals surface area contributed by atoms with Gasteiger partial charge in [0.25, 0.3) is 0 Å². The van der Waals surface area contributed by atoms with Crippen LogP contribution in [0.1, 0.15) is 6.42 Å². The maximum atomic E-state index is 5.49. The Morgan fingerprint density at radius 2 is 1.56 bits per heavy atom. The first kappa shape index (κ1) is 9.50. The van der Waals surface area contributed by atoms with E-state index in [1.807, 2.05) is 5.01 Å². The van der Waals surface area contributed by atoms with Crippen LogP contribution in [0.2, 0.25) is 0 Å². The third kappa shape index (κ3) is 1.71. The lowest BCUT2D eigenvalue weighted by molar-refractivity contribution is 0.317. The number of rotatable bonds is 0. The van der Waals surface area contributed by atoms with E-state index in [0.717, 1.165) is 24.9 Å². The largest absolute Gasteiger partial charge is 0.269 e. The van der Waals surface area contributed by atoms with E-state index in [1.54, 1.807) is 0 Å². The van der Waals surface area contributed by atoms with Crippen molar-refractivity contribution in [3.63, 3.8) is 0 Å². The molecule has 0 spiro atoms. The molecule has 0 bridgehead atoms. The van der Waals surface area contributed by atoms with E-state index < -0.39 is 0 Å². The van der Waals surface area contributed by atoms with E-state index in [1.165, 1.54) is 6.42 Å². The highest BCUT2D eigenvalue weighted by molar-refractivity contribution is 5.85. The van der Waals surface area contributed by atoms with Gasteiger partial charge in [-0.05, 0) is 18.3 Å². The summed E-state index contributed by atoms with van der Waals surface area (Å²) < 4.78 is 0. The number of hydrogen-bond donors (Lipinski definition) is 1. The second-order valence-electron chi connectivity index (χ2n) is 2.71. The van der Waals surface area contributed by atoms with Crippen molar-refractivity contribution in [3.8, 4) is 0 Å². The third-order valence-electron chi connectivity index (χ3n) is 2.01. The van der Waals surface area contributed by atoms with Crippen LogP contribution < -0.4 is 5.84 Å². The van der Waals surface area contributed by atoms with Gasteiger partial charge in [-0.3, -0.25) is 5.84 Å². The van der Waals surface area contributed by atoms with Gasteiger partial charge >= 0.3 is 0 Å². The summed E-state index contributed by atoms with van der Waals surface area (Å²) in [5, 5.41) is 1.93. The molecule has 0 amide bonds. The molecule has 2 N–H and O–H groups in total. The highest BCUT2D eigenvalue weighted by Crippen LogP contribution is 2.43. The second kappa shape index (κ2) is 3.06. The molecule has 2 aliphatic rings. The third-order valence-corrected chi connectivity index (χ3v) is 2.01. The van der Waals surface area contributed by atoms with Gasteiger partial charge in [0.15, 0.2) is 0 Å². The summed E-state index contributed by atoms with van der Waals surface area (Å²) >= 11 is 0. The molecular weight excluding hydrogens is 159 g/mol. The van der Waals surface area contributed by atoms with Crippen molar-refractivity contribution in [2.24, 2.45) is 17.7 Å². The summed E-state index contributed by atoms with van der Waals surface area (Å²) in [7, 11) is 0. The number of nitrogens with two attached hydrogens (primary N) is 1. The van der Waals surface area contributed by atoms with Crippen LogP contribution >= 0.6 is 24.8 Å². The normalized spacial score (nSPS) is 38.3. The molecule has 1 heterocycles. The van der Waals surface area contributed by atoms with Gasteiger partial charge in [0.1, 0.15) is 0 Å². The highest BCUT2D eigenvalue weighted by atomic mass is 35.5. The Kier molecular flexibility index (Phi) is 3.23. The van der Waals surface area contributed by atoms with Gasteiger partial charge in [-0.2, -0.15) is 0 Å². The minimum Gasteiger partial charge on any atom is -0.269 e. The first-order valence-electron chi connectivity index (χ1n) is 2.86. The minimum atomic E-state index is 0. The van der Waals surface area contributed by atoms with Gasteiger partial charge in [0.2, 0.25) is 0 Å². The SMILES string of the molecule is Cl.Cl.NN1CC2CC2C1. The minimum absolute atomic E-state index is 0. The number of halogens is 2. The predicted molar refractivity (Wildman–Crippen MR) is 41.9 cm³/mol. The Balaban J connectivity index is 0.000000320. The van der Waals surface area contributed by atoms with E-state index >= 15 is 0 Å². The van der Waals surface area contributed by atoms with Gasteiger partial charge in [-0.1, -0.05) is 0 Å². The number of hydrazine groups is 1. The lowest BCUT2D eigenvalue weighted by Crippen LogP contribution is -2.29. The van der Waals surface area contributed by atoms with E-state index in [4.69, 9.17) is 5.84 Å². The fourth-order valence-electron chi connectivity index (χ4n) is 1.43. The molecule has 2 atom stereocenters. The van der Waals surface area contributed by atoms with Crippen LogP contribution in [0, 0.1) is 11.8 Å². The average Bonchev–Trinajstić information content (AvgIpc) is 2.15. The molecule has 0 aromatic heterocycles. The summed E-state index contributed by atoms with van der Waals surface area (Å²) in [6, 6.07) is 0. The monoisotopic (exact) mass is 170 g/mol. The van der Waals surface area contributed by atoms with Gasteiger partial charge in [0, 0.05) is 13.1 Å². The fraction of sp³-hybridized carbons (Fsp3) is 1.00. The summed E-state index contributed by atoms with van der Waals surface area (Å²) in [6.45, 7) is 2.31. The molecule has 0 aromatic carbocycles. The van der Waals surface area contributed by atoms with Crippen molar-refractivity contribution in [2.45, 2.75) is 6.42 Å². The van der Waals surface area contributed by atoms with Crippen molar-refractivity contribution >= 4 is 24.8 Å². The van der Waals surface area contributed by atoms with E-state index in [-0.39, 0.29) is 24.8 Å². The zero-order valence-electron chi connectivity index (χ0n) is 5.12. The summed E-state index contributed by atoms with van der Waals surface area (Å²) in [5.74, 6) is 7.47. The standard InChI is InChI=1S/C5H10N2.2ClH/c6-7-2-4-1-5(4)3-7;;/h4-5H,1-3,6H2;2*1H.